The first-order valence-electron chi connectivity index (χ1n) is 7.06. The van der Waals surface area contributed by atoms with Gasteiger partial charge in [-0.25, -0.2) is 0 Å². The maximum atomic E-state index is 12.0. The molecule has 2 rings (SSSR count). The molecule has 23 heavy (non-hydrogen) atoms. The van der Waals surface area contributed by atoms with Crippen molar-refractivity contribution in [3.8, 4) is 0 Å². The van der Waals surface area contributed by atoms with Crippen molar-refractivity contribution in [2.45, 2.75) is 13.3 Å². The molecule has 0 aliphatic rings. The van der Waals surface area contributed by atoms with Gasteiger partial charge in [0, 0.05) is 23.7 Å². The van der Waals surface area contributed by atoms with E-state index in [0.717, 1.165) is 5.56 Å². The summed E-state index contributed by atoms with van der Waals surface area (Å²) in [6.07, 6.45) is 0.155. The number of carbonyl (C=O) groups is 2. The number of carbonyl (C=O) groups excluding carboxylic acids is 2. The van der Waals surface area contributed by atoms with Crippen LogP contribution in [0.15, 0.2) is 42.5 Å². The van der Waals surface area contributed by atoms with Gasteiger partial charge in [0.05, 0.1) is 10.6 Å². The zero-order chi connectivity index (χ0) is 16.8. The van der Waals surface area contributed by atoms with Crippen molar-refractivity contribution in [3.05, 3.63) is 63.6 Å². The molecule has 2 aromatic carbocycles. The Morgan fingerprint density at radius 3 is 2.57 bits per heavy atom. The lowest BCUT2D eigenvalue weighted by atomic mass is 10.2. The molecule has 120 valence electrons. The Labute approximate surface area is 144 Å². The topological polar surface area (TPSA) is 58.2 Å². The Morgan fingerprint density at radius 1 is 1.09 bits per heavy atom. The highest BCUT2D eigenvalue weighted by molar-refractivity contribution is 6.33. The molecule has 4 nitrogen and oxygen atoms in total. The summed E-state index contributed by atoms with van der Waals surface area (Å²) in [4.78, 5) is 23.9. The van der Waals surface area contributed by atoms with Crippen molar-refractivity contribution < 1.29 is 9.59 Å². The lowest BCUT2D eigenvalue weighted by Crippen LogP contribution is -2.28. The second-order valence-electron chi connectivity index (χ2n) is 4.99. The average Bonchev–Trinajstić information content (AvgIpc) is 2.51. The van der Waals surface area contributed by atoms with Crippen LogP contribution in [-0.4, -0.2) is 18.4 Å². The molecule has 0 spiro atoms. The third-order valence-electron chi connectivity index (χ3n) is 3.23. The minimum atomic E-state index is -0.303. The normalized spacial score (nSPS) is 10.2. The number of rotatable bonds is 5. The fourth-order valence-electron chi connectivity index (χ4n) is 1.97. The Morgan fingerprint density at radius 2 is 1.83 bits per heavy atom. The minimum Gasteiger partial charge on any atom is -0.351 e. The quantitative estimate of drug-likeness (QED) is 0.854. The standard InChI is InChI=1S/C17H16Cl2N2O2/c1-11-6-7-12(18)10-15(11)21-16(22)8-9-20-17(23)13-4-2-3-5-14(13)19/h2-7,10H,8-9H2,1H3,(H,20,23)(H,21,22). The lowest BCUT2D eigenvalue weighted by Gasteiger charge is -2.10. The third-order valence-corrected chi connectivity index (χ3v) is 3.79. The third kappa shape index (κ3) is 4.98. The van der Waals surface area contributed by atoms with Crippen LogP contribution in [0.25, 0.3) is 0 Å². The molecule has 6 heteroatoms. The number of halogens is 2. The van der Waals surface area contributed by atoms with Crippen LogP contribution in [0, 0.1) is 6.92 Å². The van der Waals surface area contributed by atoms with Crippen LogP contribution in [0.1, 0.15) is 22.3 Å². The smallest absolute Gasteiger partial charge is 0.252 e. The van der Waals surface area contributed by atoms with Gasteiger partial charge in [0.1, 0.15) is 0 Å². The molecule has 0 heterocycles. The maximum Gasteiger partial charge on any atom is 0.252 e. The number of amides is 2. The molecule has 0 fully saturated rings. The second kappa shape index (κ2) is 7.99. The molecule has 0 saturated carbocycles. The molecule has 0 atom stereocenters. The summed E-state index contributed by atoms with van der Waals surface area (Å²) < 4.78 is 0. The Hall–Kier alpha value is -2.04. The summed E-state index contributed by atoms with van der Waals surface area (Å²) in [6.45, 7) is 2.10. The van der Waals surface area contributed by atoms with Gasteiger partial charge in [0.2, 0.25) is 5.91 Å². The van der Waals surface area contributed by atoms with Gasteiger partial charge in [0.25, 0.3) is 5.91 Å². The van der Waals surface area contributed by atoms with Gasteiger partial charge in [-0.05, 0) is 36.8 Å². The van der Waals surface area contributed by atoms with Crippen LogP contribution in [0.2, 0.25) is 10.0 Å². The number of anilines is 1. The molecular formula is C17H16Cl2N2O2. The van der Waals surface area contributed by atoms with Crippen LogP contribution in [0.4, 0.5) is 5.69 Å². The molecular weight excluding hydrogens is 335 g/mol. The summed E-state index contributed by atoms with van der Waals surface area (Å²) in [5.41, 5.74) is 1.98. The van der Waals surface area contributed by atoms with Gasteiger partial charge in [-0.1, -0.05) is 41.4 Å². The van der Waals surface area contributed by atoms with Crippen molar-refractivity contribution in [1.82, 2.24) is 5.32 Å². The largest absolute Gasteiger partial charge is 0.351 e. The second-order valence-corrected chi connectivity index (χ2v) is 5.84. The lowest BCUT2D eigenvalue weighted by molar-refractivity contribution is -0.116. The van der Waals surface area contributed by atoms with Gasteiger partial charge in [-0.15, -0.1) is 0 Å². The van der Waals surface area contributed by atoms with Gasteiger partial charge in [0.15, 0.2) is 0 Å². The summed E-state index contributed by atoms with van der Waals surface area (Å²) in [5, 5.41) is 6.38. The number of aryl methyl sites for hydroxylation is 1. The minimum absolute atomic E-state index is 0.155. The average molecular weight is 351 g/mol. The van der Waals surface area contributed by atoms with Crippen LogP contribution in [0.5, 0.6) is 0 Å². The summed E-state index contributed by atoms with van der Waals surface area (Å²) in [6, 6.07) is 12.0. The van der Waals surface area contributed by atoms with Crippen molar-refractivity contribution in [2.24, 2.45) is 0 Å². The van der Waals surface area contributed by atoms with E-state index in [1.165, 1.54) is 0 Å². The molecule has 0 aromatic heterocycles. The number of nitrogens with one attached hydrogen (secondary N) is 2. The van der Waals surface area contributed by atoms with E-state index < -0.39 is 0 Å². The van der Waals surface area contributed by atoms with E-state index in [4.69, 9.17) is 23.2 Å². The molecule has 0 saturated heterocycles. The first kappa shape index (κ1) is 17.3. The van der Waals surface area contributed by atoms with Crippen LogP contribution >= 0.6 is 23.2 Å². The molecule has 0 bridgehead atoms. The number of benzene rings is 2. The molecule has 2 aromatic rings. The Kier molecular flexibility index (Phi) is 6.02. The molecule has 0 aliphatic carbocycles. The first-order chi connectivity index (χ1) is 11.0. The van der Waals surface area contributed by atoms with E-state index in [1.54, 1.807) is 36.4 Å². The predicted molar refractivity (Wildman–Crippen MR) is 93.2 cm³/mol. The predicted octanol–water partition coefficient (Wildman–Crippen LogP) is 4.06. The first-order valence-corrected chi connectivity index (χ1v) is 7.81. The van der Waals surface area contributed by atoms with E-state index in [1.807, 2.05) is 13.0 Å². The van der Waals surface area contributed by atoms with E-state index in [9.17, 15) is 9.59 Å². The van der Waals surface area contributed by atoms with Gasteiger partial charge in [-0.3, -0.25) is 9.59 Å². The Balaban J connectivity index is 1.84. The monoisotopic (exact) mass is 350 g/mol. The van der Waals surface area contributed by atoms with Crippen LogP contribution < -0.4 is 10.6 Å². The SMILES string of the molecule is Cc1ccc(Cl)cc1NC(=O)CCNC(=O)c1ccccc1Cl. The van der Waals surface area contributed by atoms with Crippen molar-refractivity contribution in [3.63, 3.8) is 0 Å². The molecule has 2 N–H and O–H groups in total. The zero-order valence-electron chi connectivity index (χ0n) is 12.5. The van der Waals surface area contributed by atoms with Crippen molar-refractivity contribution in [2.75, 3.05) is 11.9 Å². The van der Waals surface area contributed by atoms with E-state index in [2.05, 4.69) is 10.6 Å². The highest BCUT2D eigenvalue weighted by Gasteiger charge is 2.10. The molecule has 0 unspecified atom stereocenters. The van der Waals surface area contributed by atoms with E-state index in [-0.39, 0.29) is 24.8 Å². The molecule has 0 aliphatic heterocycles. The van der Waals surface area contributed by atoms with Crippen molar-refractivity contribution in [1.29, 1.82) is 0 Å². The summed E-state index contributed by atoms with van der Waals surface area (Å²) in [7, 11) is 0. The zero-order valence-corrected chi connectivity index (χ0v) is 14.0. The highest BCUT2D eigenvalue weighted by atomic mass is 35.5. The highest BCUT2D eigenvalue weighted by Crippen LogP contribution is 2.20. The van der Waals surface area contributed by atoms with Crippen molar-refractivity contribution >= 4 is 40.7 Å². The van der Waals surface area contributed by atoms with Crippen LogP contribution in [-0.2, 0) is 4.79 Å². The van der Waals surface area contributed by atoms with Gasteiger partial charge in [-0.2, -0.15) is 0 Å². The summed E-state index contributed by atoms with van der Waals surface area (Å²) in [5.74, 6) is -0.503. The van der Waals surface area contributed by atoms with E-state index in [0.29, 0.717) is 21.3 Å². The maximum absolute atomic E-state index is 12.0. The fourth-order valence-corrected chi connectivity index (χ4v) is 2.37. The molecule has 2 amide bonds. The van der Waals surface area contributed by atoms with Crippen LogP contribution in [0.3, 0.4) is 0 Å². The number of hydrogen-bond acceptors (Lipinski definition) is 2. The Bertz CT molecular complexity index is 732. The van der Waals surface area contributed by atoms with E-state index >= 15 is 0 Å². The van der Waals surface area contributed by atoms with Gasteiger partial charge < -0.3 is 10.6 Å². The molecule has 0 radical (unpaired) electrons. The fraction of sp³-hybridized carbons (Fsp3) is 0.176. The number of hydrogen-bond donors (Lipinski definition) is 2. The van der Waals surface area contributed by atoms with Gasteiger partial charge >= 0.3 is 0 Å². The summed E-state index contributed by atoms with van der Waals surface area (Å²) >= 11 is 11.9.